The van der Waals surface area contributed by atoms with Crippen molar-refractivity contribution in [3.63, 3.8) is 0 Å². The monoisotopic (exact) mass is 614 g/mol. The van der Waals surface area contributed by atoms with Gasteiger partial charge in [-0.15, -0.1) is 0 Å². The van der Waals surface area contributed by atoms with Crippen LogP contribution in [0.15, 0.2) is 0 Å². The number of rotatable bonds is 35. The fraction of sp³-hybridized carbons (Fsp3) is 1.00. The highest BCUT2D eigenvalue weighted by molar-refractivity contribution is 4.87. The Kier molecular flexibility index (Phi) is 33.0. The van der Waals surface area contributed by atoms with E-state index in [4.69, 9.17) is 56.8 Å². The molecule has 0 saturated carbocycles. The van der Waals surface area contributed by atoms with Crippen LogP contribution in [-0.2, 0) is 56.8 Å². The van der Waals surface area contributed by atoms with Gasteiger partial charge in [-0.05, 0) is 41.5 Å². The van der Waals surface area contributed by atoms with Crippen molar-refractivity contribution in [1.29, 1.82) is 0 Å². The molecule has 4 atom stereocenters. The molecule has 12 nitrogen and oxygen atoms in total. The molecule has 0 N–H and O–H groups in total. The summed E-state index contributed by atoms with van der Waals surface area (Å²) in [5.74, 6) is 0. The molecule has 0 aromatic heterocycles. The number of ether oxygens (including phenoxy) is 12. The van der Waals surface area contributed by atoms with E-state index in [0.717, 1.165) is 0 Å². The molecule has 0 bridgehead atoms. The third-order valence-electron chi connectivity index (χ3n) is 5.78. The minimum absolute atomic E-state index is 0.265. The molecule has 0 radical (unpaired) electrons. The molecular weight excluding hydrogens is 552 g/mol. The highest BCUT2D eigenvalue weighted by atomic mass is 16.6. The Morgan fingerprint density at radius 2 is 0.524 bits per heavy atom. The first-order valence-electron chi connectivity index (χ1n) is 15.8. The van der Waals surface area contributed by atoms with Gasteiger partial charge in [-0.2, -0.15) is 0 Å². The molecule has 0 aromatic rings. The molecule has 0 saturated heterocycles. The summed E-state index contributed by atoms with van der Waals surface area (Å²) in [6.07, 6.45) is -2.14. The molecule has 0 aliphatic heterocycles. The SMILES string of the molecule is CCOCCOCC(OCCOCC)C(OCCOCC)C(OCCOCC)C(COCCOCC)OCCOCC. The quantitative estimate of drug-likeness (QED) is 0.0979. The summed E-state index contributed by atoms with van der Waals surface area (Å²) in [5, 5.41) is 0. The van der Waals surface area contributed by atoms with Gasteiger partial charge >= 0.3 is 0 Å². The maximum Gasteiger partial charge on any atom is 0.115 e. The third kappa shape index (κ3) is 23.9. The van der Waals surface area contributed by atoms with E-state index < -0.39 is 24.4 Å². The van der Waals surface area contributed by atoms with Gasteiger partial charge in [-0.3, -0.25) is 0 Å². The maximum absolute atomic E-state index is 6.45. The van der Waals surface area contributed by atoms with Gasteiger partial charge in [-0.1, -0.05) is 0 Å². The lowest BCUT2D eigenvalue weighted by Crippen LogP contribution is -2.53. The van der Waals surface area contributed by atoms with Crippen molar-refractivity contribution in [2.45, 2.75) is 66.0 Å². The van der Waals surface area contributed by atoms with Crippen molar-refractivity contribution in [1.82, 2.24) is 0 Å². The van der Waals surface area contributed by atoms with Gasteiger partial charge < -0.3 is 56.8 Å². The average Bonchev–Trinajstić information content (AvgIpc) is 3.00. The molecule has 0 spiro atoms. The Hall–Kier alpha value is -0.480. The fourth-order valence-electron chi connectivity index (χ4n) is 3.81. The minimum Gasteiger partial charge on any atom is -0.379 e. The normalized spacial score (nSPS) is 14.7. The number of hydrogen-bond donors (Lipinski definition) is 0. The first-order valence-corrected chi connectivity index (χ1v) is 15.8. The van der Waals surface area contributed by atoms with Crippen LogP contribution in [0.1, 0.15) is 41.5 Å². The highest BCUT2D eigenvalue weighted by Crippen LogP contribution is 2.20. The van der Waals surface area contributed by atoms with Gasteiger partial charge in [0.05, 0.1) is 92.5 Å². The van der Waals surface area contributed by atoms with E-state index in [9.17, 15) is 0 Å². The molecule has 0 aliphatic carbocycles. The van der Waals surface area contributed by atoms with Crippen LogP contribution in [0.4, 0.5) is 0 Å². The largest absolute Gasteiger partial charge is 0.379 e. The van der Waals surface area contributed by atoms with Crippen molar-refractivity contribution in [2.75, 3.05) is 132 Å². The Balaban J connectivity index is 6.04. The van der Waals surface area contributed by atoms with Gasteiger partial charge in [0.1, 0.15) is 24.4 Å². The fourth-order valence-corrected chi connectivity index (χ4v) is 3.81. The lowest BCUT2D eigenvalue weighted by molar-refractivity contribution is -0.206. The van der Waals surface area contributed by atoms with E-state index in [1.165, 1.54) is 0 Å². The zero-order valence-electron chi connectivity index (χ0n) is 27.4. The molecule has 4 unspecified atom stereocenters. The molecule has 0 amide bonds. The standard InChI is InChI=1S/C30H62O12/c1-7-31-13-15-37-25-27(39-21-17-33-9-3)29(41-23-19-35-11-5)30(42-24-20-36-12-6)28(40-22-18-34-10-4)26-38-16-14-32-8-2/h27-30H,7-26H2,1-6H3. The predicted octanol–water partition coefficient (Wildman–Crippen LogP) is 2.78. The number of hydrogen-bond acceptors (Lipinski definition) is 12. The summed E-state index contributed by atoms with van der Waals surface area (Å²) in [4.78, 5) is 0. The average molecular weight is 615 g/mol. The van der Waals surface area contributed by atoms with Crippen molar-refractivity contribution in [3.05, 3.63) is 0 Å². The molecule has 42 heavy (non-hydrogen) atoms. The van der Waals surface area contributed by atoms with E-state index in [0.29, 0.717) is 119 Å². The molecule has 0 aromatic carbocycles. The summed E-state index contributed by atoms with van der Waals surface area (Å²) in [6.45, 7) is 20.9. The lowest BCUT2D eigenvalue weighted by Gasteiger charge is -2.37. The third-order valence-corrected chi connectivity index (χ3v) is 5.78. The summed E-state index contributed by atoms with van der Waals surface area (Å²) < 4.78 is 70.6. The molecule has 12 heteroatoms. The Morgan fingerprint density at radius 3 is 0.810 bits per heavy atom. The smallest absolute Gasteiger partial charge is 0.115 e. The second-order valence-corrected chi connectivity index (χ2v) is 8.82. The van der Waals surface area contributed by atoms with Gasteiger partial charge in [0, 0.05) is 39.6 Å². The highest BCUT2D eigenvalue weighted by Gasteiger charge is 2.38. The van der Waals surface area contributed by atoms with Crippen molar-refractivity contribution in [2.24, 2.45) is 0 Å². The first-order chi connectivity index (χ1) is 20.7. The summed E-state index contributed by atoms with van der Waals surface area (Å²) in [5.41, 5.74) is 0. The van der Waals surface area contributed by atoms with Gasteiger partial charge in [-0.25, -0.2) is 0 Å². The summed E-state index contributed by atoms with van der Waals surface area (Å²) >= 11 is 0. The second-order valence-electron chi connectivity index (χ2n) is 8.82. The van der Waals surface area contributed by atoms with Crippen LogP contribution in [0.25, 0.3) is 0 Å². The Labute approximate surface area is 255 Å². The van der Waals surface area contributed by atoms with Crippen LogP contribution < -0.4 is 0 Å². The van der Waals surface area contributed by atoms with Gasteiger partial charge in [0.15, 0.2) is 0 Å². The zero-order chi connectivity index (χ0) is 30.9. The lowest BCUT2D eigenvalue weighted by atomic mass is 10.0. The Bertz CT molecular complexity index is 473. The first kappa shape index (κ1) is 41.5. The van der Waals surface area contributed by atoms with Crippen molar-refractivity contribution < 1.29 is 56.8 Å². The molecule has 254 valence electrons. The van der Waals surface area contributed by atoms with Crippen molar-refractivity contribution >= 4 is 0 Å². The van der Waals surface area contributed by atoms with Crippen LogP contribution in [-0.4, -0.2) is 157 Å². The molecular formula is C30H62O12. The molecule has 0 fully saturated rings. The van der Waals surface area contributed by atoms with Gasteiger partial charge in [0.25, 0.3) is 0 Å². The zero-order valence-corrected chi connectivity index (χ0v) is 27.4. The van der Waals surface area contributed by atoms with E-state index >= 15 is 0 Å². The Morgan fingerprint density at radius 1 is 0.286 bits per heavy atom. The van der Waals surface area contributed by atoms with Gasteiger partial charge in [0.2, 0.25) is 0 Å². The predicted molar refractivity (Wildman–Crippen MR) is 160 cm³/mol. The van der Waals surface area contributed by atoms with Crippen LogP contribution in [0.5, 0.6) is 0 Å². The van der Waals surface area contributed by atoms with Crippen LogP contribution in [0.2, 0.25) is 0 Å². The van der Waals surface area contributed by atoms with Crippen LogP contribution in [0, 0.1) is 0 Å². The minimum atomic E-state index is -0.576. The topological polar surface area (TPSA) is 111 Å². The molecule has 0 heterocycles. The summed E-state index contributed by atoms with van der Waals surface area (Å²) in [7, 11) is 0. The van der Waals surface area contributed by atoms with Crippen LogP contribution in [0.3, 0.4) is 0 Å². The molecule has 0 rings (SSSR count). The summed E-state index contributed by atoms with van der Waals surface area (Å²) in [6, 6.07) is 0. The van der Waals surface area contributed by atoms with E-state index in [2.05, 4.69) is 0 Å². The maximum atomic E-state index is 6.45. The van der Waals surface area contributed by atoms with E-state index in [1.54, 1.807) is 0 Å². The van der Waals surface area contributed by atoms with Crippen LogP contribution >= 0.6 is 0 Å². The van der Waals surface area contributed by atoms with Crippen molar-refractivity contribution in [3.8, 4) is 0 Å². The molecule has 0 aliphatic rings. The van der Waals surface area contributed by atoms with E-state index in [-0.39, 0.29) is 13.2 Å². The second kappa shape index (κ2) is 33.4. The van der Waals surface area contributed by atoms with E-state index in [1.807, 2.05) is 41.5 Å².